The molecular formula is C17H23N3. The Kier molecular flexibility index (Phi) is 3.88. The van der Waals surface area contributed by atoms with E-state index >= 15 is 0 Å². The first-order valence-electron chi connectivity index (χ1n) is 7.66. The second-order valence-corrected chi connectivity index (χ2v) is 5.68. The molecule has 2 unspecified atom stereocenters. The van der Waals surface area contributed by atoms with Gasteiger partial charge in [-0.1, -0.05) is 31.2 Å². The Bertz CT molecular complexity index is 573. The van der Waals surface area contributed by atoms with E-state index in [1.54, 1.807) is 0 Å². The van der Waals surface area contributed by atoms with Gasteiger partial charge < -0.3 is 10.3 Å². The monoisotopic (exact) mass is 269 g/mol. The van der Waals surface area contributed by atoms with Gasteiger partial charge in [-0.15, -0.1) is 0 Å². The fraction of sp³-hybridized carbons (Fsp3) is 0.471. The Labute approximate surface area is 120 Å². The van der Waals surface area contributed by atoms with Crippen LogP contribution in [0.25, 0.3) is 0 Å². The van der Waals surface area contributed by atoms with Gasteiger partial charge in [0.25, 0.3) is 0 Å². The molecule has 3 rings (SSSR count). The summed E-state index contributed by atoms with van der Waals surface area (Å²) in [6.45, 7) is 2.20. The van der Waals surface area contributed by atoms with Crippen molar-refractivity contribution >= 4 is 0 Å². The third-order valence-electron chi connectivity index (χ3n) is 4.35. The predicted octanol–water partition coefficient (Wildman–Crippen LogP) is 3.41. The van der Waals surface area contributed by atoms with Crippen molar-refractivity contribution in [2.75, 3.05) is 0 Å². The van der Waals surface area contributed by atoms with E-state index in [-0.39, 0.29) is 6.04 Å². The summed E-state index contributed by atoms with van der Waals surface area (Å²) in [5.74, 6) is 1.17. The number of aromatic nitrogens is 2. The second-order valence-electron chi connectivity index (χ2n) is 5.68. The maximum absolute atomic E-state index is 6.60. The summed E-state index contributed by atoms with van der Waals surface area (Å²) in [6.07, 6.45) is 9.62. The van der Waals surface area contributed by atoms with Crippen molar-refractivity contribution in [3.8, 4) is 0 Å². The summed E-state index contributed by atoms with van der Waals surface area (Å²) in [5, 5.41) is 0. The first kappa shape index (κ1) is 13.4. The van der Waals surface area contributed by atoms with Crippen LogP contribution in [0, 0.1) is 0 Å². The average Bonchev–Trinajstić information content (AvgIpc) is 2.85. The zero-order valence-electron chi connectivity index (χ0n) is 12.1. The molecular weight excluding hydrogens is 246 g/mol. The summed E-state index contributed by atoms with van der Waals surface area (Å²) in [4.78, 5) is 4.51. The SMILES string of the molecule is CCCc1nccn1C1CCCc2ccccc2C1N. The van der Waals surface area contributed by atoms with Gasteiger partial charge in [-0.2, -0.15) is 0 Å². The number of rotatable bonds is 3. The van der Waals surface area contributed by atoms with Crippen LogP contribution in [0.15, 0.2) is 36.7 Å². The van der Waals surface area contributed by atoms with Crippen LogP contribution in [-0.2, 0) is 12.8 Å². The number of hydrogen-bond donors (Lipinski definition) is 1. The van der Waals surface area contributed by atoms with E-state index in [0.717, 1.165) is 25.7 Å². The Morgan fingerprint density at radius 2 is 2.20 bits per heavy atom. The van der Waals surface area contributed by atoms with Gasteiger partial charge in [0.15, 0.2) is 0 Å². The minimum Gasteiger partial charge on any atom is -0.330 e. The van der Waals surface area contributed by atoms with Gasteiger partial charge >= 0.3 is 0 Å². The molecule has 1 aromatic carbocycles. The van der Waals surface area contributed by atoms with Crippen molar-refractivity contribution in [2.45, 2.75) is 51.1 Å². The molecule has 0 saturated heterocycles. The van der Waals surface area contributed by atoms with Crippen LogP contribution in [0.1, 0.15) is 55.2 Å². The van der Waals surface area contributed by atoms with E-state index in [9.17, 15) is 0 Å². The number of benzene rings is 1. The van der Waals surface area contributed by atoms with Crippen molar-refractivity contribution < 1.29 is 0 Å². The molecule has 2 atom stereocenters. The van der Waals surface area contributed by atoms with Crippen molar-refractivity contribution in [2.24, 2.45) is 5.73 Å². The maximum Gasteiger partial charge on any atom is 0.108 e. The molecule has 2 aromatic rings. The maximum atomic E-state index is 6.60. The standard InChI is InChI=1S/C17H23N3/c1-2-6-16-19-11-12-20(16)15-10-5-8-13-7-3-4-9-14(13)17(15)18/h3-4,7,9,11-12,15,17H,2,5-6,8,10,18H2,1H3. The highest BCUT2D eigenvalue weighted by Crippen LogP contribution is 2.35. The normalized spacial score (nSPS) is 22.3. The van der Waals surface area contributed by atoms with Gasteiger partial charge in [0.2, 0.25) is 0 Å². The Morgan fingerprint density at radius 1 is 1.35 bits per heavy atom. The average molecular weight is 269 g/mol. The third kappa shape index (κ3) is 2.38. The molecule has 1 aliphatic carbocycles. The van der Waals surface area contributed by atoms with Crippen molar-refractivity contribution in [1.29, 1.82) is 0 Å². The summed E-state index contributed by atoms with van der Waals surface area (Å²) in [5.41, 5.74) is 9.33. The van der Waals surface area contributed by atoms with Crippen LogP contribution in [0.2, 0.25) is 0 Å². The fourth-order valence-corrected chi connectivity index (χ4v) is 3.35. The smallest absolute Gasteiger partial charge is 0.108 e. The molecule has 3 heteroatoms. The van der Waals surface area contributed by atoms with Crippen LogP contribution in [0.4, 0.5) is 0 Å². The number of fused-ring (bicyclic) bond motifs is 1. The third-order valence-corrected chi connectivity index (χ3v) is 4.35. The van der Waals surface area contributed by atoms with E-state index in [4.69, 9.17) is 5.73 Å². The predicted molar refractivity (Wildman–Crippen MR) is 81.6 cm³/mol. The largest absolute Gasteiger partial charge is 0.330 e. The topological polar surface area (TPSA) is 43.8 Å². The molecule has 0 bridgehead atoms. The molecule has 1 aromatic heterocycles. The molecule has 0 aliphatic heterocycles. The Morgan fingerprint density at radius 3 is 3.05 bits per heavy atom. The first-order chi connectivity index (χ1) is 9.81. The van der Waals surface area contributed by atoms with Crippen LogP contribution >= 0.6 is 0 Å². The van der Waals surface area contributed by atoms with Crippen LogP contribution in [-0.4, -0.2) is 9.55 Å². The number of imidazole rings is 1. The van der Waals surface area contributed by atoms with Gasteiger partial charge in [0.1, 0.15) is 5.82 Å². The summed E-state index contributed by atoms with van der Waals surface area (Å²) in [7, 11) is 0. The van der Waals surface area contributed by atoms with Gasteiger partial charge in [-0.05, 0) is 36.8 Å². The molecule has 0 fully saturated rings. The molecule has 2 N–H and O–H groups in total. The molecule has 1 heterocycles. The highest BCUT2D eigenvalue weighted by molar-refractivity contribution is 5.32. The van der Waals surface area contributed by atoms with Crippen molar-refractivity contribution in [3.05, 3.63) is 53.6 Å². The highest BCUT2D eigenvalue weighted by atomic mass is 15.1. The minimum absolute atomic E-state index is 0.0681. The number of nitrogens with two attached hydrogens (primary N) is 1. The van der Waals surface area contributed by atoms with Gasteiger partial charge in [0.05, 0.1) is 12.1 Å². The van der Waals surface area contributed by atoms with Crippen molar-refractivity contribution in [1.82, 2.24) is 9.55 Å². The zero-order chi connectivity index (χ0) is 13.9. The fourth-order valence-electron chi connectivity index (χ4n) is 3.35. The summed E-state index contributed by atoms with van der Waals surface area (Å²) < 4.78 is 2.32. The van der Waals surface area contributed by atoms with E-state index in [0.29, 0.717) is 6.04 Å². The molecule has 106 valence electrons. The van der Waals surface area contributed by atoms with E-state index in [1.165, 1.54) is 23.4 Å². The molecule has 20 heavy (non-hydrogen) atoms. The molecule has 1 aliphatic rings. The summed E-state index contributed by atoms with van der Waals surface area (Å²) in [6, 6.07) is 9.03. The second kappa shape index (κ2) is 5.80. The lowest BCUT2D eigenvalue weighted by atomic mass is 9.96. The number of aryl methyl sites for hydroxylation is 2. The molecule has 3 nitrogen and oxygen atoms in total. The minimum atomic E-state index is 0.0681. The first-order valence-corrected chi connectivity index (χ1v) is 7.66. The lowest BCUT2D eigenvalue weighted by Gasteiger charge is -2.26. The molecule has 0 amide bonds. The quantitative estimate of drug-likeness (QED) is 0.868. The molecule has 0 spiro atoms. The Balaban J connectivity index is 1.96. The zero-order valence-corrected chi connectivity index (χ0v) is 12.1. The van der Waals surface area contributed by atoms with E-state index < -0.39 is 0 Å². The number of nitrogens with zero attached hydrogens (tertiary/aromatic N) is 2. The lowest BCUT2D eigenvalue weighted by Crippen LogP contribution is -2.25. The van der Waals surface area contributed by atoms with E-state index in [2.05, 4.69) is 46.9 Å². The van der Waals surface area contributed by atoms with Crippen LogP contribution < -0.4 is 5.73 Å². The van der Waals surface area contributed by atoms with E-state index in [1.807, 2.05) is 6.20 Å². The molecule has 0 saturated carbocycles. The van der Waals surface area contributed by atoms with Crippen LogP contribution in [0.5, 0.6) is 0 Å². The van der Waals surface area contributed by atoms with Gasteiger partial charge in [0, 0.05) is 18.8 Å². The van der Waals surface area contributed by atoms with Crippen molar-refractivity contribution in [3.63, 3.8) is 0 Å². The van der Waals surface area contributed by atoms with Gasteiger partial charge in [-0.25, -0.2) is 4.98 Å². The lowest BCUT2D eigenvalue weighted by molar-refractivity contribution is 0.382. The molecule has 0 radical (unpaired) electrons. The highest BCUT2D eigenvalue weighted by Gasteiger charge is 2.26. The van der Waals surface area contributed by atoms with Crippen LogP contribution in [0.3, 0.4) is 0 Å². The Hall–Kier alpha value is -1.61. The number of hydrogen-bond acceptors (Lipinski definition) is 2. The summed E-state index contributed by atoms with van der Waals surface area (Å²) >= 11 is 0. The van der Waals surface area contributed by atoms with Gasteiger partial charge in [-0.3, -0.25) is 0 Å².